The number of carbonyl (C=O) groups is 1. The van der Waals surface area contributed by atoms with Gasteiger partial charge < -0.3 is 4.74 Å². The minimum Gasteiger partial charge on any atom is -0.469 e. The van der Waals surface area contributed by atoms with Crippen molar-refractivity contribution < 1.29 is 9.53 Å². The molecule has 3 nitrogen and oxygen atoms in total. The van der Waals surface area contributed by atoms with E-state index < -0.39 is 0 Å². The van der Waals surface area contributed by atoms with Gasteiger partial charge in [-0.05, 0) is 12.1 Å². The van der Waals surface area contributed by atoms with Gasteiger partial charge in [0.25, 0.3) is 0 Å². The van der Waals surface area contributed by atoms with Gasteiger partial charge >= 0.3 is 5.97 Å². The summed E-state index contributed by atoms with van der Waals surface area (Å²) >= 11 is 13.6. The average molecular weight is 302 g/mol. The van der Waals surface area contributed by atoms with Crippen molar-refractivity contribution >= 4 is 40.5 Å². The molecule has 0 aliphatic heterocycles. The second-order valence-electron chi connectivity index (χ2n) is 3.49. The Hall–Kier alpha value is -1.10. The van der Waals surface area contributed by atoms with Gasteiger partial charge in [0.05, 0.1) is 29.3 Å². The molecule has 0 aliphatic carbocycles. The lowest BCUT2D eigenvalue weighted by Gasteiger charge is -2.02. The van der Waals surface area contributed by atoms with Crippen LogP contribution in [-0.4, -0.2) is 18.1 Å². The molecule has 0 spiro atoms. The molecule has 0 radical (unpaired) electrons. The topological polar surface area (TPSA) is 39.2 Å². The second-order valence-corrected chi connectivity index (χ2v) is 5.17. The standard InChI is InChI=1S/C12H9Cl2NO2S/c1-17-10(16)5-7-6-18-12(15-7)11-8(13)3-2-4-9(11)14/h2-4,6H,5H2,1H3. The molecule has 1 heterocycles. The van der Waals surface area contributed by atoms with Gasteiger partial charge in [-0.1, -0.05) is 29.3 Å². The van der Waals surface area contributed by atoms with Crippen LogP contribution in [0.3, 0.4) is 0 Å². The van der Waals surface area contributed by atoms with E-state index in [2.05, 4.69) is 9.72 Å². The highest BCUT2D eigenvalue weighted by Crippen LogP contribution is 2.36. The highest BCUT2D eigenvalue weighted by Gasteiger charge is 2.13. The Morgan fingerprint density at radius 2 is 2.06 bits per heavy atom. The van der Waals surface area contributed by atoms with Crippen LogP contribution in [0.4, 0.5) is 0 Å². The maximum atomic E-state index is 11.2. The molecule has 0 aliphatic rings. The van der Waals surface area contributed by atoms with Gasteiger partial charge in [-0.2, -0.15) is 0 Å². The van der Waals surface area contributed by atoms with Crippen LogP contribution in [0.1, 0.15) is 5.69 Å². The third-order valence-electron chi connectivity index (χ3n) is 2.28. The van der Waals surface area contributed by atoms with E-state index in [1.165, 1.54) is 18.4 Å². The summed E-state index contributed by atoms with van der Waals surface area (Å²) in [6.07, 6.45) is 0.148. The fourth-order valence-electron chi connectivity index (χ4n) is 1.43. The first-order valence-electron chi connectivity index (χ1n) is 5.07. The molecule has 1 aromatic heterocycles. The van der Waals surface area contributed by atoms with Crippen molar-refractivity contribution in [1.29, 1.82) is 0 Å². The molecule has 0 N–H and O–H groups in total. The number of methoxy groups -OCH3 is 1. The number of hydrogen-bond acceptors (Lipinski definition) is 4. The number of carbonyl (C=O) groups excluding carboxylic acids is 1. The van der Waals surface area contributed by atoms with Crippen LogP contribution in [0.5, 0.6) is 0 Å². The van der Waals surface area contributed by atoms with Crippen LogP contribution >= 0.6 is 34.5 Å². The summed E-state index contributed by atoms with van der Waals surface area (Å²) < 4.78 is 4.59. The summed E-state index contributed by atoms with van der Waals surface area (Å²) in [4.78, 5) is 15.5. The largest absolute Gasteiger partial charge is 0.469 e. The first-order chi connectivity index (χ1) is 8.61. The summed E-state index contributed by atoms with van der Waals surface area (Å²) in [6.45, 7) is 0. The van der Waals surface area contributed by atoms with Gasteiger partial charge in [0.1, 0.15) is 5.01 Å². The van der Waals surface area contributed by atoms with Crippen molar-refractivity contribution in [3.05, 3.63) is 39.3 Å². The minimum atomic E-state index is -0.322. The Balaban J connectivity index is 2.32. The van der Waals surface area contributed by atoms with E-state index >= 15 is 0 Å². The predicted molar refractivity (Wildman–Crippen MR) is 73.3 cm³/mol. The van der Waals surface area contributed by atoms with Crippen LogP contribution < -0.4 is 0 Å². The first-order valence-corrected chi connectivity index (χ1v) is 6.71. The molecular weight excluding hydrogens is 293 g/mol. The van der Waals surface area contributed by atoms with Gasteiger partial charge in [-0.25, -0.2) is 4.98 Å². The number of halogens is 2. The zero-order chi connectivity index (χ0) is 13.1. The lowest BCUT2D eigenvalue weighted by Crippen LogP contribution is -2.04. The molecule has 2 aromatic rings. The van der Waals surface area contributed by atoms with Crippen LogP contribution in [0.15, 0.2) is 23.6 Å². The highest BCUT2D eigenvalue weighted by molar-refractivity contribution is 7.13. The molecule has 1 aromatic carbocycles. The maximum absolute atomic E-state index is 11.2. The quantitative estimate of drug-likeness (QED) is 0.809. The van der Waals surface area contributed by atoms with E-state index in [4.69, 9.17) is 23.2 Å². The number of rotatable bonds is 3. The Morgan fingerprint density at radius 3 is 2.67 bits per heavy atom. The Bertz CT molecular complexity index is 563. The third kappa shape index (κ3) is 2.83. The fourth-order valence-corrected chi connectivity index (χ4v) is 3.01. The van der Waals surface area contributed by atoms with Crippen molar-refractivity contribution in [3.63, 3.8) is 0 Å². The number of hydrogen-bond donors (Lipinski definition) is 0. The number of benzene rings is 1. The fraction of sp³-hybridized carbons (Fsp3) is 0.167. The van der Waals surface area contributed by atoms with E-state index in [0.29, 0.717) is 26.3 Å². The zero-order valence-electron chi connectivity index (χ0n) is 9.44. The highest BCUT2D eigenvalue weighted by atomic mass is 35.5. The number of aromatic nitrogens is 1. The minimum absolute atomic E-state index is 0.148. The van der Waals surface area contributed by atoms with Crippen molar-refractivity contribution in [2.75, 3.05) is 7.11 Å². The van der Waals surface area contributed by atoms with Crippen LogP contribution in [0.25, 0.3) is 10.6 Å². The average Bonchev–Trinajstić information content (AvgIpc) is 2.77. The van der Waals surface area contributed by atoms with Crippen molar-refractivity contribution in [2.24, 2.45) is 0 Å². The van der Waals surface area contributed by atoms with Crippen molar-refractivity contribution in [3.8, 4) is 10.6 Å². The number of thiazole rings is 1. The lowest BCUT2D eigenvalue weighted by molar-refractivity contribution is -0.139. The van der Waals surface area contributed by atoms with Gasteiger partial charge in [-0.15, -0.1) is 11.3 Å². The monoisotopic (exact) mass is 301 g/mol. The van der Waals surface area contributed by atoms with Gasteiger partial charge in [-0.3, -0.25) is 4.79 Å². The third-order valence-corrected chi connectivity index (χ3v) is 3.82. The molecule has 6 heteroatoms. The summed E-state index contributed by atoms with van der Waals surface area (Å²) in [7, 11) is 1.35. The Morgan fingerprint density at radius 1 is 1.39 bits per heavy atom. The molecule has 0 saturated heterocycles. The molecular formula is C12H9Cl2NO2S. The summed E-state index contributed by atoms with van der Waals surface area (Å²) in [5, 5.41) is 3.58. The van der Waals surface area contributed by atoms with E-state index in [9.17, 15) is 4.79 Å². The van der Waals surface area contributed by atoms with E-state index in [0.717, 1.165) is 0 Å². The molecule has 0 amide bonds. The Kier molecular flexibility index (Phi) is 4.22. The molecule has 0 saturated carbocycles. The van der Waals surface area contributed by atoms with Crippen LogP contribution in [-0.2, 0) is 16.0 Å². The van der Waals surface area contributed by atoms with Gasteiger partial charge in [0.15, 0.2) is 0 Å². The van der Waals surface area contributed by atoms with Crippen LogP contribution in [0, 0.1) is 0 Å². The number of ether oxygens (including phenoxy) is 1. The molecule has 0 unspecified atom stereocenters. The molecule has 94 valence electrons. The first kappa shape index (κ1) is 13.3. The van der Waals surface area contributed by atoms with Gasteiger partial charge in [0.2, 0.25) is 0 Å². The summed E-state index contributed by atoms with van der Waals surface area (Å²) in [5.41, 5.74) is 1.35. The summed E-state index contributed by atoms with van der Waals surface area (Å²) in [6, 6.07) is 5.28. The van der Waals surface area contributed by atoms with E-state index in [-0.39, 0.29) is 12.4 Å². The molecule has 0 bridgehead atoms. The normalized spacial score (nSPS) is 10.4. The number of nitrogens with zero attached hydrogens (tertiary/aromatic N) is 1. The smallest absolute Gasteiger partial charge is 0.311 e. The lowest BCUT2D eigenvalue weighted by atomic mass is 10.2. The van der Waals surface area contributed by atoms with E-state index in [1.807, 2.05) is 0 Å². The van der Waals surface area contributed by atoms with Crippen LogP contribution in [0.2, 0.25) is 10.0 Å². The Labute approximate surface area is 118 Å². The second kappa shape index (κ2) is 5.69. The molecule has 0 fully saturated rings. The zero-order valence-corrected chi connectivity index (χ0v) is 11.8. The number of esters is 1. The van der Waals surface area contributed by atoms with E-state index in [1.54, 1.807) is 23.6 Å². The van der Waals surface area contributed by atoms with Crippen molar-refractivity contribution in [2.45, 2.75) is 6.42 Å². The maximum Gasteiger partial charge on any atom is 0.311 e. The SMILES string of the molecule is COC(=O)Cc1csc(-c2c(Cl)cccc2Cl)n1. The molecule has 2 rings (SSSR count). The summed E-state index contributed by atoms with van der Waals surface area (Å²) in [5.74, 6) is -0.322. The van der Waals surface area contributed by atoms with Crippen molar-refractivity contribution in [1.82, 2.24) is 4.98 Å². The molecule has 18 heavy (non-hydrogen) atoms. The molecule has 0 atom stereocenters. The predicted octanol–water partition coefficient (Wildman–Crippen LogP) is 3.83. The van der Waals surface area contributed by atoms with Gasteiger partial charge in [0, 0.05) is 10.9 Å².